The van der Waals surface area contributed by atoms with Crippen molar-refractivity contribution in [3.63, 3.8) is 0 Å². The summed E-state index contributed by atoms with van der Waals surface area (Å²) in [4.78, 5) is 0. The minimum atomic E-state index is -0.392. The summed E-state index contributed by atoms with van der Waals surface area (Å²) in [6.07, 6.45) is 3.38. The average molecular weight is 203 g/mol. The first kappa shape index (κ1) is 11.5. The molecule has 0 radical (unpaired) electrons. The van der Waals surface area contributed by atoms with Gasteiger partial charge < -0.3 is 5.21 Å². The third-order valence-corrected chi connectivity index (χ3v) is 2.10. The van der Waals surface area contributed by atoms with Gasteiger partial charge in [-0.25, -0.2) is 4.74 Å². The van der Waals surface area contributed by atoms with Gasteiger partial charge in [-0.1, -0.05) is 24.8 Å². The molecule has 0 bridgehead atoms. The van der Waals surface area contributed by atoms with Crippen molar-refractivity contribution >= 4 is 12.3 Å². The highest BCUT2D eigenvalue weighted by Crippen LogP contribution is 2.07. The van der Waals surface area contributed by atoms with Crippen LogP contribution in [0.1, 0.15) is 31.9 Å². The molecule has 2 heteroatoms. The van der Waals surface area contributed by atoms with Crippen LogP contribution < -0.4 is 0 Å². The quantitative estimate of drug-likeness (QED) is 0.314. The van der Waals surface area contributed by atoms with Crippen LogP contribution in [0.25, 0.3) is 6.08 Å². The maximum absolute atomic E-state index is 11.6. The maximum Gasteiger partial charge on any atom is 0.182 e. The lowest BCUT2D eigenvalue weighted by molar-refractivity contribution is -0.530. The minimum Gasteiger partial charge on any atom is -0.623 e. The number of benzene rings is 1. The first-order valence-electron chi connectivity index (χ1n) is 4.97. The molecule has 2 nitrogen and oxygen atoms in total. The second-order valence-electron chi connectivity index (χ2n) is 4.50. The monoisotopic (exact) mass is 203 g/mol. The van der Waals surface area contributed by atoms with E-state index in [1.807, 2.05) is 45.0 Å². The van der Waals surface area contributed by atoms with Crippen molar-refractivity contribution in [1.82, 2.24) is 0 Å². The summed E-state index contributed by atoms with van der Waals surface area (Å²) < 4.78 is 0.968. The average Bonchev–Trinajstić information content (AvgIpc) is 2.17. The highest BCUT2D eigenvalue weighted by molar-refractivity contribution is 5.76. The van der Waals surface area contributed by atoms with Gasteiger partial charge in [-0.15, -0.1) is 0 Å². The Morgan fingerprint density at radius 3 is 2.00 bits per heavy atom. The van der Waals surface area contributed by atoms with E-state index in [0.717, 1.165) is 15.9 Å². The number of rotatable bonds is 2. The van der Waals surface area contributed by atoms with E-state index in [2.05, 4.69) is 6.58 Å². The van der Waals surface area contributed by atoms with Crippen LogP contribution in [-0.4, -0.2) is 16.5 Å². The first-order chi connectivity index (χ1) is 6.93. The lowest BCUT2D eigenvalue weighted by atomic mass is 10.1. The fourth-order valence-electron chi connectivity index (χ4n) is 1.05. The molecule has 0 heterocycles. The zero-order chi connectivity index (χ0) is 11.5. The first-order valence-corrected chi connectivity index (χ1v) is 4.97. The van der Waals surface area contributed by atoms with Gasteiger partial charge in [-0.05, 0) is 17.7 Å². The van der Waals surface area contributed by atoms with Crippen LogP contribution in [0.5, 0.6) is 0 Å². The smallest absolute Gasteiger partial charge is 0.182 e. The molecule has 1 rings (SSSR count). The van der Waals surface area contributed by atoms with E-state index >= 15 is 0 Å². The van der Waals surface area contributed by atoms with E-state index in [-0.39, 0.29) is 0 Å². The molecule has 0 amide bonds. The summed E-state index contributed by atoms with van der Waals surface area (Å²) in [5, 5.41) is 11.6. The number of hydrogen-bond acceptors (Lipinski definition) is 1. The van der Waals surface area contributed by atoms with Gasteiger partial charge in [0.1, 0.15) is 0 Å². The minimum absolute atomic E-state index is 0.392. The molecule has 0 atom stereocenters. The summed E-state index contributed by atoms with van der Waals surface area (Å²) in [5.74, 6) is 0. The Morgan fingerprint density at radius 1 is 1.13 bits per heavy atom. The lowest BCUT2D eigenvalue weighted by Gasteiger charge is -2.18. The third-order valence-electron chi connectivity index (χ3n) is 2.10. The van der Waals surface area contributed by atoms with Crippen LogP contribution in [0.3, 0.4) is 0 Å². The molecule has 15 heavy (non-hydrogen) atoms. The van der Waals surface area contributed by atoms with Crippen molar-refractivity contribution in [2.75, 3.05) is 0 Å². The molecule has 0 aromatic heterocycles. The summed E-state index contributed by atoms with van der Waals surface area (Å²) in [6, 6.07) is 7.70. The van der Waals surface area contributed by atoms with Crippen molar-refractivity contribution in [3.8, 4) is 0 Å². The van der Waals surface area contributed by atoms with Crippen molar-refractivity contribution < 1.29 is 4.74 Å². The molecule has 0 N–H and O–H groups in total. The van der Waals surface area contributed by atoms with E-state index in [4.69, 9.17) is 0 Å². The topological polar surface area (TPSA) is 26.1 Å². The van der Waals surface area contributed by atoms with Crippen molar-refractivity contribution in [2.24, 2.45) is 0 Å². The molecule has 0 fully saturated rings. The molecule has 80 valence electrons. The Morgan fingerprint density at radius 2 is 1.60 bits per heavy atom. The van der Waals surface area contributed by atoms with Gasteiger partial charge in [0.25, 0.3) is 0 Å². The predicted molar refractivity (Wildman–Crippen MR) is 65.1 cm³/mol. The maximum atomic E-state index is 11.6. The molecule has 0 saturated carbocycles. The summed E-state index contributed by atoms with van der Waals surface area (Å²) in [7, 11) is 0. The van der Waals surface area contributed by atoms with Gasteiger partial charge in [0.05, 0.1) is 0 Å². The standard InChI is InChI=1S/C13H17NO/c1-5-11-6-8-12(9-7-11)10-14(15)13(2,3)4/h5-10H,1H2,2-4H3. The van der Waals surface area contributed by atoms with Crippen LogP contribution in [-0.2, 0) is 0 Å². The molecule has 1 aromatic carbocycles. The molecule has 0 aliphatic heterocycles. The van der Waals surface area contributed by atoms with Gasteiger partial charge in [0.2, 0.25) is 0 Å². The van der Waals surface area contributed by atoms with Crippen LogP contribution in [0, 0.1) is 5.21 Å². The van der Waals surface area contributed by atoms with Crippen molar-refractivity contribution in [2.45, 2.75) is 26.3 Å². The molecule has 0 unspecified atom stereocenters. The Labute approximate surface area is 91.1 Å². The second-order valence-corrected chi connectivity index (χ2v) is 4.50. The molecular formula is C13H17NO. The van der Waals surface area contributed by atoms with Crippen LogP contribution >= 0.6 is 0 Å². The lowest BCUT2D eigenvalue weighted by Crippen LogP contribution is -2.29. The zero-order valence-electron chi connectivity index (χ0n) is 9.53. The number of hydrogen-bond donors (Lipinski definition) is 0. The van der Waals surface area contributed by atoms with Crippen molar-refractivity contribution in [1.29, 1.82) is 0 Å². The second kappa shape index (κ2) is 4.30. The SMILES string of the molecule is C=Cc1ccc(C=[N+]([O-])C(C)(C)C)cc1. The highest BCUT2D eigenvalue weighted by atomic mass is 16.5. The van der Waals surface area contributed by atoms with Gasteiger partial charge in [-0.3, -0.25) is 0 Å². The van der Waals surface area contributed by atoms with Crippen LogP contribution in [0.4, 0.5) is 0 Å². The normalized spacial score (nSPS) is 12.6. The largest absolute Gasteiger partial charge is 0.623 e. The van der Waals surface area contributed by atoms with E-state index in [0.29, 0.717) is 0 Å². The summed E-state index contributed by atoms with van der Waals surface area (Å²) in [5.41, 5.74) is 1.57. The molecule has 0 aliphatic rings. The Hall–Kier alpha value is -1.57. The predicted octanol–water partition coefficient (Wildman–Crippen LogP) is 3.06. The number of hydroxylamine groups is 1. The van der Waals surface area contributed by atoms with Crippen molar-refractivity contribution in [3.05, 3.63) is 47.2 Å². The Bertz CT molecular complexity index is 369. The highest BCUT2D eigenvalue weighted by Gasteiger charge is 2.17. The fourth-order valence-corrected chi connectivity index (χ4v) is 1.05. The summed E-state index contributed by atoms with van der Waals surface area (Å²) in [6.45, 7) is 9.33. The van der Waals surface area contributed by atoms with E-state index in [1.165, 1.54) is 0 Å². The van der Waals surface area contributed by atoms with Gasteiger partial charge in [0, 0.05) is 26.3 Å². The van der Waals surface area contributed by atoms with Gasteiger partial charge in [0.15, 0.2) is 11.8 Å². The van der Waals surface area contributed by atoms with Crippen LogP contribution in [0.15, 0.2) is 30.8 Å². The van der Waals surface area contributed by atoms with E-state index < -0.39 is 5.54 Å². The molecule has 0 spiro atoms. The molecule has 0 saturated heterocycles. The Kier molecular flexibility index (Phi) is 3.30. The summed E-state index contributed by atoms with van der Waals surface area (Å²) >= 11 is 0. The molecule has 1 aromatic rings. The molecular weight excluding hydrogens is 186 g/mol. The van der Waals surface area contributed by atoms with Gasteiger partial charge >= 0.3 is 0 Å². The van der Waals surface area contributed by atoms with E-state index in [9.17, 15) is 5.21 Å². The molecule has 0 aliphatic carbocycles. The Balaban J connectivity index is 2.94. The van der Waals surface area contributed by atoms with Gasteiger partial charge in [-0.2, -0.15) is 0 Å². The third kappa shape index (κ3) is 3.24. The van der Waals surface area contributed by atoms with Crippen LogP contribution in [0.2, 0.25) is 0 Å². The zero-order valence-corrected chi connectivity index (χ0v) is 9.53. The van der Waals surface area contributed by atoms with E-state index in [1.54, 1.807) is 12.3 Å². The number of nitrogens with zero attached hydrogens (tertiary/aromatic N) is 1. The fraction of sp³-hybridized carbons (Fsp3) is 0.308.